The van der Waals surface area contributed by atoms with Crippen LogP contribution in [0.4, 0.5) is 0 Å². The Bertz CT molecular complexity index is 479. The summed E-state index contributed by atoms with van der Waals surface area (Å²) in [5, 5.41) is 21.3. The topological polar surface area (TPSA) is 73.1 Å². The number of carbonyl (C=O) groups excluding carboxylic acids is 1. The Kier molecular flexibility index (Phi) is 4.97. The highest BCUT2D eigenvalue weighted by Gasteiger charge is 2.28. The molecule has 0 aliphatic heterocycles. The van der Waals surface area contributed by atoms with E-state index >= 15 is 0 Å². The summed E-state index contributed by atoms with van der Waals surface area (Å²) in [7, 11) is 0. The normalized spacial score (nSPS) is 13.5. The van der Waals surface area contributed by atoms with Gasteiger partial charge in [0.25, 0.3) is 0 Å². The molecule has 1 atom stereocenters. The van der Waals surface area contributed by atoms with Gasteiger partial charge in [0.2, 0.25) is 5.91 Å². The predicted molar refractivity (Wildman–Crippen MR) is 69.3 cm³/mol. The lowest BCUT2D eigenvalue weighted by Gasteiger charge is -2.29. The summed E-state index contributed by atoms with van der Waals surface area (Å²) in [4.78, 5) is 11.5. The van der Waals surface area contributed by atoms with E-state index in [-0.39, 0.29) is 13.0 Å². The first-order chi connectivity index (χ1) is 8.41. The highest BCUT2D eigenvalue weighted by molar-refractivity contribution is 6.34. The van der Waals surface area contributed by atoms with Crippen molar-refractivity contribution in [2.45, 2.75) is 18.9 Å². The van der Waals surface area contributed by atoms with Crippen LogP contribution in [0.15, 0.2) is 18.2 Å². The fourth-order valence-electron chi connectivity index (χ4n) is 1.50. The number of aliphatic hydroxyl groups excluding tert-OH is 1. The molecule has 0 bridgehead atoms. The minimum atomic E-state index is -1.03. The minimum Gasteiger partial charge on any atom is -0.394 e. The number of halogens is 2. The van der Waals surface area contributed by atoms with Crippen LogP contribution >= 0.6 is 23.2 Å². The van der Waals surface area contributed by atoms with Gasteiger partial charge >= 0.3 is 0 Å². The van der Waals surface area contributed by atoms with E-state index in [9.17, 15) is 9.90 Å². The van der Waals surface area contributed by atoms with Gasteiger partial charge in [-0.15, -0.1) is 0 Å². The molecular formula is C12H12Cl2N2O2. The van der Waals surface area contributed by atoms with E-state index in [1.54, 1.807) is 31.2 Å². The minimum absolute atomic E-state index is 0.274. The van der Waals surface area contributed by atoms with Crippen molar-refractivity contribution in [2.24, 2.45) is 0 Å². The SMILES string of the molecule is CC(CO)(NC(=O)CC#N)c1cc(Cl)cc(Cl)c1. The van der Waals surface area contributed by atoms with Gasteiger partial charge < -0.3 is 10.4 Å². The lowest BCUT2D eigenvalue weighted by molar-refractivity contribution is -0.122. The molecule has 0 radical (unpaired) electrons. The van der Waals surface area contributed by atoms with Crippen LogP contribution in [-0.2, 0) is 10.3 Å². The molecule has 1 rings (SSSR count). The molecule has 0 aliphatic rings. The van der Waals surface area contributed by atoms with Crippen molar-refractivity contribution in [1.29, 1.82) is 5.26 Å². The molecule has 0 spiro atoms. The second-order valence-electron chi connectivity index (χ2n) is 4.03. The van der Waals surface area contributed by atoms with Crippen LogP contribution in [0.5, 0.6) is 0 Å². The van der Waals surface area contributed by atoms with Gasteiger partial charge in [0, 0.05) is 10.0 Å². The van der Waals surface area contributed by atoms with Crippen molar-refractivity contribution in [3.63, 3.8) is 0 Å². The number of benzene rings is 1. The zero-order chi connectivity index (χ0) is 13.8. The smallest absolute Gasteiger partial charge is 0.234 e. The van der Waals surface area contributed by atoms with Gasteiger partial charge in [-0.3, -0.25) is 4.79 Å². The van der Waals surface area contributed by atoms with Crippen LogP contribution in [0.25, 0.3) is 0 Å². The highest BCUT2D eigenvalue weighted by atomic mass is 35.5. The summed E-state index contributed by atoms with van der Waals surface area (Å²) < 4.78 is 0. The van der Waals surface area contributed by atoms with Crippen molar-refractivity contribution >= 4 is 29.1 Å². The maximum Gasteiger partial charge on any atom is 0.234 e. The molecule has 0 fully saturated rings. The second kappa shape index (κ2) is 6.05. The summed E-state index contributed by atoms with van der Waals surface area (Å²) in [5.41, 5.74) is -0.448. The van der Waals surface area contributed by atoms with E-state index in [1.807, 2.05) is 0 Å². The summed E-state index contributed by atoms with van der Waals surface area (Å²) >= 11 is 11.8. The molecule has 0 saturated carbocycles. The molecule has 0 aliphatic carbocycles. The van der Waals surface area contributed by atoms with Crippen LogP contribution in [0, 0.1) is 11.3 Å². The van der Waals surface area contributed by atoms with Crippen molar-refractivity contribution in [2.75, 3.05) is 6.61 Å². The predicted octanol–water partition coefficient (Wildman–Crippen LogP) is 2.23. The fourth-order valence-corrected chi connectivity index (χ4v) is 2.03. The first-order valence-electron chi connectivity index (χ1n) is 5.16. The molecule has 1 aromatic carbocycles. The van der Waals surface area contributed by atoms with Crippen LogP contribution < -0.4 is 5.32 Å². The summed E-state index contributed by atoms with van der Waals surface area (Å²) in [6.07, 6.45) is -0.274. The van der Waals surface area contributed by atoms with Crippen molar-refractivity contribution in [3.05, 3.63) is 33.8 Å². The number of nitrogens with zero attached hydrogens (tertiary/aromatic N) is 1. The summed E-state index contributed by atoms with van der Waals surface area (Å²) in [6, 6.07) is 6.51. The van der Waals surface area contributed by atoms with Gasteiger partial charge in [-0.2, -0.15) is 5.26 Å². The number of hydrogen-bond acceptors (Lipinski definition) is 3. The van der Waals surface area contributed by atoms with Crippen LogP contribution in [0.3, 0.4) is 0 Å². The molecule has 18 heavy (non-hydrogen) atoms. The number of amides is 1. The Labute approximate surface area is 115 Å². The van der Waals surface area contributed by atoms with Gasteiger partial charge in [-0.1, -0.05) is 23.2 Å². The molecule has 1 unspecified atom stereocenters. The Morgan fingerprint density at radius 1 is 1.44 bits per heavy atom. The largest absolute Gasteiger partial charge is 0.394 e. The Morgan fingerprint density at radius 2 is 2.00 bits per heavy atom. The van der Waals surface area contributed by atoms with E-state index in [1.165, 1.54) is 0 Å². The number of carbonyl (C=O) groups is 1. The monoisotopic (exact) mass is 286 g/mol. The molecule has 0 aromatic heterocycles. The first-order valence-corrected chi connectivity index (χ1v) is 5.92. The number of rotatable bonds is 4. The zero-order valence-corrected chi connectivity index (χ0v) is 11.2. The lowest BCUT2D eigenvalue weighted by atomic mass is 9.92. The van der Waals surface area contributed by atoms with Crippen molar-refractivity contribution in [1.82, 2.24) is 5.32 Å². The molecule has 6 heteroatoms. The molecule has 0 heterocycles. The third-order valence-corrected chi connectivity index (χ3v) is 2.91. The van der Waals surface area contributed by atoms with E-state index in [0.717, 1.165) is 0 Å². The van der Waals surface area contributed by atoms with Gasteiger partial charge in [0.15, 0.2) is 0 Å². The molecular weight excluding hydrogens is 275 g/mol. The summed E-state index contributed by atoms with van der Waals surface area (Å²) in [5.74, 6) is -0.467. The van der Waals surface area contributed by atoms with E-state index < -0.39 is 11.4 Å². The molecule has 4 nitrogen and oxygen atoms in total. The number of nitriles is 1. The van der Waals surface area contributed by atoms with Crippen LogP contribution in [0.2, 0.25) is 10.0 Å². The molecule has 0 saturated heterocycles. The van der Waals surface area contributed by atoms with Crippen LogP contribution in [-0.4, -0.2) is 17.6 Å². The summed E-state index contributed by atoms with van der Waals surface area (Å²) in [6.45, 7) is 1.30. The fraction of sp³-hybridized carbons (Fsp3) is 0.333. The number of nitrogens with one attached hydrogen (secondary N) is 1. The molecule has 96 valence electrons. The average Bonchev–Trinajstić information content (AvgIpc) is 2.27. The average molecular weight is 287 g/mol. The van der Waals surface area contributed by atoms with Gasteiger partial charge in [-0.25, -0.2) is 0 Å². The standard InChI is InChI=1S/C12H12Cl2N2O2/c1-12(7-17,16-11(18)2-3-15)8-4-9(13)6-10(14)5-8/h4-6,17H,2,7H2,1H3,(H,16,18). The van der Waals surface area contributed by atoms with E-state index in [4.69, 9.17) is 28.5 Å². The maximum absolute atomic E-state index is 11.5. The Hall–Kier alpha value is -1.28. The maximum atomic E-state index is 11.5. The molecule has 1 amide bonds. The lowest BCUT2D eigenvalue weighted by Crippen LogP contribution is -2.46. The highest BCUT2D eigenvalue weighted by Crippen LogP contribution is 2.27. The Morgan fingerprint density at radius 3 is 2.44 bits per heavy atom. The third-order valence-electron chi connectivity index (χ3n) is 2.47. The second-order valence-corrected chi connectivity index (χ2v) is 4.90. The zero-order valence-electron chi connectivity index (χ0n) is 9.70. The quantitative estimate of drug-likeness (QED) is 0.891. The molecule has 1 aromatic rings. The van der Waals surface area contributed by atoms with Gasteiger partial charge in [0.1, 0.15) is 6.42 Å². The van der Waals surface area contributed by atoms with E-state index in [2.05, 4.69) is 5.32 Å². The number of hydrogen-bond donors (Lipinski definition) is 2. The third kappa shape index (κ3) is 3.61. The molecule has 2 N–H and O–H groups in total. The first kappa shape index (κ1) is 14.8. The van der Waals surface area contributed by atoms with Crippen LogP contribution in [0.1, 0.15) is 18.9 Å². The van der Waals surface area contributed by atoms with Gasteiger partial charge in [0.05, 0.1) is 18.2 Å². The number of aliphatic hydroxyl groups is 1. The van der Waals surface area contributed by atoms with Gasteiger partial charge in [-0.05, 0) is 30.7 Å². The van der Waals surface area contributed by atoms with Crippen molar-refractivity contribution in [3.8, 4) is 6.07 Å². The Balaban J connectivity index is 3.07. The van der Waals surface area contributed by atoms with E-state index in [0.29, 0.717) is 15.6 Å². The van der Waals surface area contributed by atoms with Crippen molar-refractivity contribution < 1.29 is 9.90 Å².